The van der Waals surface area contributed by atoms with E-state index in [1.54, 1.807) is 24.3 Å². The van der Waals surface area contributed by atoms with E-state index in [2.05, 4.69) is 15.3 Å². The number of anilines is 3. The molecule has 0 unspecified atom stereocenters. The molecule has 0 radical (unpaired) electrons. The molecule has 3 aromatic rings. The maximum Gasteiger partial charge on any atom is 0.337 e. The van der Waals surface area contributed by atoms with E-state index < -0.39 is 5.97 Å². The number of benzene rings is 2. The average Bonchev–Trinajstić information content (AvgIpc) is 2.62. The molecule has 1 aromatic heterocycles. The summed E-state index contributed by atoms with van der Waals surface area (Å²) in [6.45, 7) is 2.51. The number of hydrogen-bond acceptors (Lipinski definition) is 6. The summed E-state index contributed by atoms with van der Waals surface area (Å²) >= 11 is 0. The predicted octanol–water partition coefficient (Wildman–Crippen LogP) is 3.57. The highest BCUT2D eigenvalue weighted by Crippen LogP contribution is 2.25. The van der Waals surface area contributed by atoms with Crippen molar-refractivity contribution < 1.29 is 14.6 Å². The van der Waals surface area contributed by atoms with Crippen LogP contribution in [0.25, 0.3) is 11.4 Å². The summed E-state index contributed by atoms with van der Waals surface area (Å²) in [5.41, 5.74) is 7.24. The Bertz CT molecular complexity index is 926. The molecule has 7 nitrogen and oxygen atoms in total. The van der Waals surface area contributed by atoms with Crippen LogP contribution in [0.2, 0.25) is 0 Å². The van der Waals surface area contributed by atoms with Crippen LogP contribution in [0.5, 0.6) is 5.75 Å². The van der Waals surface area contributed by atoms with Crippen molar-refractivity contribution in [3.05, 3.63) is 60.2 Å². The van der Waals surface area contributed by atoms with E-state index in [-0.39, 0.29) is 11.4 Å². The van der Waals surface area contributed by atoms with Gasteiger partial charge >= 0.3 is 5.97 Å². The molecule has 0 aliphatic carbocycles. The van der Waals surface area contributed by atoms with Crippen molar-refractivity contribution in [1.82, 2.24) is 9.97 Å². The number of rotatable bonds is 6. The fourth-order valence-electron chi connectivity index (χ4n) is 2.44. The first-order chi connectivity index (χ1) is 12.6. The first kappa shape index (κ1) is 17.2. The Morgan fingerprint density at radius 3 is 2.58 bits per heavy atom. The van der Waals surface area contributed by atoms with E-state index in [0.29, 0.717) is 23.9 Å². The zero-order valence-corrected chi connectivity index (χ0v) is 14.1. The standard InChI is InChI=1S/C19H18N4O3/c1-2-26-13-9-7-12(8-10-13)18-22-16(20)11-17(23-18)21-15-6-4-3-5-14(15)19(24)25/h3-11H,2H2,1H3,(H,24,25)(H3,20,21,22,23). The summed E-state index contributed by atoms with van der Waals surface area (Å²) in [7, 11) is 0. The minimum Gasteiger partial charge on any atom is -0.494 e. The van der Waals surface area contributed by atoms with Crippen molar-refractivity contribution >= 4 is 23.3 Å². The van der Waals surface area contributed by atoms with E-state index in [1.807, 2.05) is 31.2 Å². The number of nitrogens with two attached hydrogens (primary N) is 1. The lowest BCUT2D eigenvalue weighted by Gasteiger charge is -2.11. The first-order valence-electron chi connectivity index (χ1n) is 8.04. The van der Waals surface area contributed by atoms with Crippen molar-refractivity contribution in [3.8, 4) is 17.1 Å². The Kier molecular flexibility index (Phi) is 4.98. The Hall–Kier alpha value is -3.61. The molecule has 2 aromatic carbocycles. The lowest BCUT2D eigenvalue weighted by atomic mass is 10.2. The fraction of sp³-hybridized carbons (Fsp3) is 0.105. The summed E-state index contributed by atoms with van der Waals surface area (Å²) < 4.78 is 5.43. The van der Waals surface area contributed by atoms with E-state index in [4.69, 9.17) is 10.5 Å². The molecule has 0 aliphatic heterocycles. The fourth-order valence-corrected chi connectivity index (χ4v) is 2.44. The van der Waals surface area contributed by atoms with Gasteiger partial charge in [-0.05, 0) is 43.3 Å². The Balaban J connectivity index is 1.92. The average molecular weight is 350 g/mol. The number of aromatic carboxylic acids is 1. The summed E-state index contributed by atoms with van der Waals surface area (Å²) in [6.07, 6.45) is 0. The van der Waals surface area contributed by atoms with Gasteiger partial charge in [0.15, 0.2) is 5.82 Å². The number of carbonyl (C=O) groups is 1. The molecule has 0 saturated heterocycles. The number of nitrogens with one attached hydrogen (secondary N) is 1. The Morgan fingerprint density at radius 1 is 1.15 bits per heavy atom. The third-order valence-corrected chi connectivity index (χ3v) is 3.59. The van der Waals surface area contributed by atoms with Crippen LogP contribution in [0.4, 0.5) is 17.3 Å². The Morgan fingerprint density at radius 2 is 1.88 bits per heavy atom. The number of nitrogen functional groups attached to an aromatic ring is 1. The lowest BCUT2D eigenvalue weighted by Crippen LogP contribution is -2.05. The Labute approximate surface area is 150 Å². The third-order valence-electron chi connectivity index (χ3n) is 3.59. The lowest BCUT2D eigenvalue weighted by molar-refractivity contribution is 0.0698. The SMILES string of the molecule is CCOc1ccc(-c2nc(N)cc(Nc3ccccc3C(=O)O)n2)cc1. The van der Waals surface area contributed by atoms with Crippen molar-refractivity contribution in [2.75, 3.05) is 17.7 Å². The van der Waals surface area contributed by atoms with Crippen molar-refractivity contribution in [2.45, 2.75) is 6.92 Å². The van der Waals surface area contributed by atoms with Gasteiger partial charge in [0.05, 0.1) is 17.9 Å². The molecular weight excluding hydrogens is 332 g/mol. The number of nitrogens with zero attached hydrogens (tertiary/aromatic N) is 2. The van der Waals surface area contributed by atoms with Gasteiger partial charge in [-0.3, -0.25) is 0 Å². The summed E-state index contributed by atoms with van der Waals surface area (Å²) in [5.74, 6) is 0.855. The molecule has 0 spiro atoms. The van der Waals surface area contributed by atoms with Crippen LogP contribution < -0.4 is 15.8 Å². The van der Waals surface area contributed by atoms with E-state index in [1.165, 1.54) is 6.07 Å². The predicted molar refractivity (Wildman–Crippen MR) is 99.7 cm³/mol. The van der Waals surface area contributed by atoms with Gasteiger partial charge in [0.2, 0.25) is 0 Å². The maximum atomic E-state index is 11.3. The van der Waals surface area contributed by atoms with Crippen LogP contribution in [0, 0.1) is 0 Å². The summed E-state index contributed by atoms with van der Waals surface area (Å²) in [6, 6.07) is 15.5. The van der Waals surface area contributed by atoms with Gasteiger partial charge in [0, 0.05) is 11.6 Å². The maximum absolute atomic E-state index is 11.3. The normalized spacial score (nSPS) is 10.3. The molecule has 0 aliphatic rings. The van der Waals surface area contributed by atoms with Crippen LogP contribution in [0.15, 0.2) is 54.6 Å². The molecular formula is C19H18N4O3. The topological polar surface area (TPSA) is 110 Å². The molecule has 1 heterocycles. The molecule has 4 N–H and O–H groups in total. The van der Waals surface area contributed by atoms with E-state index in [9.17, 15) is 9.90 Å². The smallest absolute Gasteiger partial charge is 0.337 e. The van der Waals surface area contributed by atoms with Crippen LogP contribution in [-0.2, 0) is 0 Å². The zero-order valence-electron chi connectivity index (χ0n) is 14.1. The number of carboxylic acid groups (broad SMARTS) is 1. The minimum atomic E-state index is -1.03. The van der Waals surface area contributed by atoms with Gasteiger partial charge in [-0.1, -0.05) is 12.1 Å². The van der Waals surface area contributed by atoms with Gasteiger partial charge in [-0.25, -0.2) is 14.8 Å². The highest BCUT2D eigenvalue weighted by molar-refractivity contribution is 5.95. The second-order valence-corrected chi connectivity index (χ2v) is 5.43. The van der Waals surface area contributed by atoms with E-state index in [0.717, 1.165) is 11.3 Å². The largest absolute Gasteiger partial charge is 0.494 e. The second-order valence-electron chi connectivity index (χ2n) is 5.43. The molecule has 26 heavy (non-hydrogen) atoms. The zero-order chi connectivity index (χ0) is 18.5. The van der Waals surface area contributed by atoms with Gasteiger partial charge in [0.1, 0.15) is 17.4 Å². The monoisotopic (exact) mass is 350 g/mol. The number of aromatic nitrogens is 2. The third kappa shape index (κ3) is 3.89. The number of para-hydroxylation sites is 1. The molecule has 0 bridgehead atoms. The molecule has 0 atom stereocenters. The summed E-state index contributed by atoms with van der Waals surface area (Å²) in [4.78, 5) is 20.0. The molecule has 0 saturated carbocycles. The summed E-state index contributed by atoms with van der Waals surface area (Å²) in [5, 5.41) is 12.3. The van der Waals surface area contributed by atoms with Crippen LogP contribution in [0.3, 0.4) is 0 Å². The molecule has 3 rings (SSSR count). The van der Waals surface area contributed by atoms with Crippen molar-refractivity contribution in [1.29, 1.82) is 0 Å². The van der Waals surface area contributed by atoms with Crippen molar-refractivity contribution in [2.24, 2.45) is 0 Å². The van der Waals surface area contributed by atoms with Crippen LogP contribution >= 0.6 is 0 Å². The van der Waals surface area contributed by atoms with Gasteiger partial charge in [0.25, 0.3) is 0 Å². The van der Waals surface area contributed by atoms with Crippen LogP contribution in [0.1, 0.15) is 17.3 Å². The molecule has 0 amide bonds. The quantitative estimate of drug-likeness (QED) is 0.623. The van der Waals surface area contributed by atoms with E-state index >= 15 is 0 Å². The van der Waals surface area contributed by atoms with Crippen LogP contribution in [-0.4, -0.2) is 27.7 Å². The number of carboxylic acids is 1. The molecule has 132 valence electrons. The molecule has 0 fully saturated rings. The highest BCUT2D eigenvalue weighted by Gasteiger charge is 2.11. The number of ether oxygens (including phenoxy) is 1. The molecule has 7 heteroatoms. The highest BCUT2D eigenvalue weighted by atomic mass is 16.5. The first-order valence-corrected chi connectivity index (χ1v) is 8.04. The number of hydrogen-bond donors (Lipinski definition) is 3. The van der Waals surface area contributed by atoms with Crippen molar-refractivity contribution in [3.63, 3.8) is 0 Å². The minimum absolute atomic E-state index is 0.146. The van der Waals surface area contributed by atoms with Gasteiger partial charge in [-0.2, -0.15) is 0 Å². The van der Waals surface area contributed by atoms with Gasteiger partial charge in [-0.15, -0.1) is 0 Å². The van der Waals surface area contributed by atoms with Gasteiger partial charge < -0.3 is 20.9 Å². The second kappa shape index (κ2) is 7.52.